The first-order valence-electron chi connectivity index (χ1n) is 10.8. The van der Waals surface area contributed by atoms with Crippen LogP contribution in [-0.2, 0) is 16.1 Å². The Morgan fingerprint density at radius 1 is 0.939 bits per heavy atom. The molecule has 3 heterocycles. The van der Waals surface area contributed by atoms with Crippen molar-refractivity contribution in [2.75, 3.05) is 13.1 Å². The first-order chi connectivity index (χ1) is 16.0. The van der Waals surface area contributed by atoms with Crippen molar-refractivity contribution in [3.05, 3.63) is 70.0 Å². The van der Waals surface area contributed by atoms with E-state index in [4.69, 9.17) is 23.2 Å². The summed E-state index contributed by atoms with van der Waals surface area (Å²) in [6.45, 7) is 4.65. The van der Waals surface area contributed by atoms with Crippen LogP contribution in [0.5, 0.6) is 0 Å². The first kappa shape index (κ1) is 21.8. The summed E-state index contributed by atoms with van der Waals surface area (Å²) in [5, 5.41) is 8.55. The van der Waals surface area contributed by atoms with Crippen molar-refractivity contribution in [1.29, 1.82) is 0 Å². The molecule has 5 rings (SSSR count). The standard InChI is InChI=1S/C25H22Cl2N4O2/c1-2-28-8-3-9-31-13-19(17-11-15(27)5-7-21(17)31)23-22(24(32)30-25(23)33)18-12-29-20-6-4-14(26)10-16(18)20/h4-7,10-13,28-29H,2-3,8-9H2,1H3,(H,30,32,33). The van der Waals surface area contributed by atoms with Gasteiger partial charge in [-0.25, -0.2) is 0 Å². The maximum atomic E-state index is 13.1. The van der Waals surface area contributed by atoms with E-state index in [0.717, 1.165) is 47.9 Å². The fourth-order valence-corrected chi connectivity index (χ4v) is 4.82. The molecule has 2 aromatic carbocycles. The summed E-state index contributed by atoms with van der Waals surface area (Å²) in [6, 6.07) is 11.1. The molecule has 0 spiro atoms. The van der Waals surface area contributed by atoms with Crippen molar-refractivity contribution in [2.24, 2.45) is 0 Å². The Morgan fingerprint density at radius 3 is 2.39 bits per heavy atom. The predicted octanol–water partition coefficient (Wildman–Crippen LogP) is 5.00. The third kappa shape index (κ3) is 3.84. The Balaban J connectivity index is 1.71. The summed E-state index contributed by atoms with van der Waals surface area (Å²) < 4.78 is 2.12. The van der Waals surface area contributed by atoms with E-state index >= 15 is 0 Å². The number of hydrogen-bond donors (Lipinski definition) is 3. The Kier molecular flexibility index (Phi) is 5.74. The highest BCUT2D eigenvalue weighted by Gasteiger charge is 2.35. The Labute approximate surface area is 200 Å². The SMILES string of the molecule is CCNCCCn1cc(C2=C(c3c[nH]c4ccc(Cl)cc34)C(=O)NC2=O)c2cc(Cl)ccc21. The molecule has 168 valence electrons. The van der Waals surface area contributed by atoms with Crippen LogP contribution < -0.4 is 10.6 Å². The maximum Gasteiger partial charge on any atom is 0.259 e. The lowest BCUT2D eigenvalue weighted by atomic mass is 9.95. The van der Waals surface area contributed by atoms with E-state index in [-0.39, 0.29) is 0 Å². The van der Waals surface area contributed by atoms with Gasteiger partial charge in [-0.3, -0.25) is 14.9 Å². The minimum atomic E-state index is -0.425. The summed E-state index contributed by atoms with van der Waals surface area (Å²) in [7, 11) is 0. The van der Waals surface area contributed by atoms with E-state index in [0.29, 0.717) is 32.3 Å². The van der Waals surface area contributed by atoms with Crippen LogP contribution >= 0.6 is 23.2 Å². The molecule has 0 atom stereocenters. The Bertz CT molecular complexity index is 1450. The monoisotopic (exact) mass is 480 g/mol. The van der Waals surface area contributed by atoms with Crippen molar-refractivity contribution < 1.29 is 9.59 Å². The fraction of sp³-hybridized carbons (Fsp3) is 0.200. The van der Waals surface area contributed by atoms with Crippen molar-refractivity contribution in [2.45, 2.75) is 19.9 Å². The average Bonchev–Trinajstić information content (AvgIpc) is 3.43. The van der Waals surface area contributed by atoms with Crippen LogP contribution in [0.3, 0.4) is 0 Å². The molecule has 0 unspecified atom stereocenters. The first-order valence-corrected chi connectivity index (χ1v) is 11.6. The lowest BCUT2D eigenvalue weighted by Gasteiger charge is -2.05. The molecule has 1 aliphatic rings. The van der Waals surface area contributed by atoms with Crippen molar-refractivity contribution in [3.8, 4) is 0 Å². The van der Waals surface area contributed by atoms with Gasteiger partial charge in [0.1, 0.15) is 0 Å². The highest BCUT2D eigenvalue weighted by Crippen LogP contribution is 2.39. The van der Waals surface area contributed by atoms with Crippen molar-refractivity contribution >= 4 is 68.0 Å². The van der Waals surface area contributed by atoms with Crippen LogP contribution in [0, 0.1) is 0 Å². The van der Waals surface area contributed by atoms with E-state index < -0.39 is 11.8 Å². The van der Waals surface area contributed by atoms with Gasteiger partial charge in [-0.05, 0) is 55.9 Å². The van der Waals surface area contributed by atoms with Gasteiger partial charge in [-0.15, -0.1) is 0 Å². The Morgan fingerprint density at radius 2 is 1.64 bits per heavy atom. The van der Waals surface area contributed by atoms with Gasteiger partial charge in [0.15, 0.2) is 0 Å². The molecule has 3 N–H and O–H groups in total. The summed E-state index contributed by atoms with van der Waals surface area (Å²) in [6.07, 6.45) is 4.62. The molecule has 8 heteroatoms. The lowest BCUT2D eigenvalue weighted by Crippen LogP contribution is -2.22. The molecule has 2 amide bonds. The predicted molar refractivity (Wildman–Crippen MR) is 133 cm³/mol. The Hall–Kier alpha value is -3.06. The van der Waals surface area contributed by atoms with Gasteiger partial charge < -0.3 is 14.9 Å². The van der Waals surface area contributed by atoms with Gasteiger partial charge in [-0.2, -0.15) is 0 Å². The largest absolute Gasteiger partial charge is 0.361 e. The number of halogens is 2. The van der Waals surface area contributed by atoms with Gasteiger partial charge in [0.2, 0.25) is 0 Å². The van der Waals surface area contributed by atoms with Crippen LogP contribution in [0.25, 0.3) is 33.0 Å². The zero-order valence-electron chi connectivity index (χ0n) is 18.0. The van der Waals surface area contributed by atoms with E-state index in [1.807, 2.05) is 30.5 Å². The number of nitrogens with zero attached hydrogens (tertiary/aromatic N) is 1. The third-order valence-corrected chi connectivity index (χ3v) is 6.43. The second kappa shape index (κ2) is 8.71. The number of aromatic nitrogens is 2. The minimum Gasteiger partial charge on any atom is -0.361 e. The van der Waals surface area contributed by atoms with Gasteiger partial charge in [0, 0.05) is 61.9 Å². The van der Waals surface area contributed by atoms with E-state index in [1.165, 1.54) is 0 Å². The number of aromatic amines is 1. The number of amides is 2. The van der Waals surface area contributed by atoms with E-state index in [2.05, 4.69) is 27.1 Å². The van der Waals surface area contributed by atoms with Gasteiger partial charge in [-0.1, -0.05) is 30.1 Å². The molecule has 2 aromatic heterocycles. The van der Waals surface area contributed by atoms with Crippen LogP contribution in [0.2, 0.25) is 10.0 Å². The van der Waals surface area contributed by atoms with Crippen LogP contribution in [0.1, 0.15) is 24.5 Å². The topological polar surface area (TPSA) is 78.9 Å². The molecular formula is C25H22Cl2N4O2. The zero-order chi connectivity index (χ0) is 23.1. The molecule has 0 saturated heterocycles. The molecule has 0 fully saturated rings. The lowest BCUT2D eigenvalue weighted by molar-refractivity contribution is -0.122. The number of benzene rings is 2. The molecular weight excluding hydrogens is 459 g/mol. The smallest absolute Gasteiger partial charge is 0.259 e. The number of carbonyl (C=O) groups is 2. The molecule has 33 heavy (non-hydrogen) atoms. The van der Waals surface area contributed by atoms with Gasteiger partial charge >= 0.3 is 0 Å². The molecule has 4 aromatic rings. The highest BCUT2D eigenvalue weighted by atomic mass is 35.5. The average molecular weight is 481 g/mol. The van der Waals surface area contributed by atoms with E-state index in [1.54, 1.807) is 18.3 Å². The van der Waals surface area contributed by atoms with E-state index in [9.17, 15) is 9.59 Å². The van der Waals surface area contributed by atoms with Crippen molar-refractivity contribution in [1.82, 2.24) is 20.2 Å². The quantitative estimate of drug-likeness (QED) is 0.257. The van der Waals surface area contributed by atoms with Crippen LogP contribution in [-0.4, -0.2) is 34.5 Å². The minimum absolute atomic E-state index is 0.334. The molecule has 0 aliphatic carbocycles. The second-order valence-corrected chi connectivity index (χ2v) is 8.90. The summed E-state index contributed by atoms with van der Waals surface area (Å²) in [4.78, 5) is 29.2. The van der Waals surface area contributed by atoms with Crippen LogP contribution in [0.4, 0.5) is 0 Å². The number of H-pyrrole nitrogens is 1. The number of fused-ring (bicyclic) bond motifs is 2. The highest BCUT2D eigenvalue weighted by molar-refractivity contribution is 6.51. The van der Waals surface area contributed by atoms with Crippen molar-refractivity contribution in [3.63, 3.8) is 0 Å². The normalized spacial score (nSPS) is 14.2. The fourth-order valence-electron chi connectivity index (χ4n) is 4.47. The summed E-state index contributed by atoms with van der Waals surface area (Å²) >= 11 is 12.5. The molecule has 1 aliphatic heterocycles. The van der Waals surface area contributed by atoms with Crippen LogP contribution in [0.15, 0.2) is 48.8 Å². The van der Waals surface area contributed by atoms with Gasteiger partial charge in [0.25, 0.3) is 11.8 Å². The van der Waals surface area contributed by atoms with Gasteiger partial charge in [0.05, 0.1) is 11.1 Å². The number of carbonyl (C=O) groups excluding carboxylic acids is 2. The number of rotatable bonds is 7. The summed E-state index contributed by atoms with van der Waals surface area (Å²) in [5.41, 5.74) is 3.81. The molecule has 0 bridgehead atoms. The second-order valence-electron chi connectivity index (χ2n) is 8.03. The number of nitrogens with one attached hydrogen (secondary N) is 3. The summed E-state index contributed by atoms with van der Waals surface area (Å²) in [5.74, 6) is -0.844. The zero-order valence-corrected chi connectivity index (χ0v) is 19.5. The number of hydrogen-bond acceptors (Lipinski definition) is 3. The number of aryl methyl sites for hydroxylation is 1. The molecule has 0 saturated carbocycles. The molecule has 6 nitrogen and oxygen atoms in total. The maximum absolute atomic E-state index is 13.1. The number of imide groups is 1. The third-order valence-electron chi connectivity index (χ3n) is 5.96. The molecule has 0 radical (unpaired) electrons.